The lowest BCUT2D eigenvalue weighted by atomic mass is 10.2. The molecule has 0 radical (unpaired) electrons. The molecule has 2 atom stereocenters. The van der Waals surface area contributed by atoms with Gasteiger partial charge in [0, 0.05) is 31.6 Å². The predicted molar refractivity (Wildman–Crippen MR) is 67.7 cm³/mol. The molecule has 0 amide bonds. The highest BCUT2D eigenvalue weighted by atomic mass is 31.0. The number of nitrogens with one attached hydrogen (secondary N) is 1. The number of halogens is 2. The Morgan fingerprint density at radius 1 is 1.50 bits per heavy atom. The SMILES string of the molecule is CC(F)(P)Oc1ccc(COC2CNC2)c(F)c1. The van der Waals surface area contributed by atoms with Gasteiger partial charge in [0.15, 0.2) is 0 Å². The Labute approximate surface area is 107 Å². The molecule has 1 aromatic carbocycles. The van der Waals surface area contributed by atoms with Crippen molar-refractivity contribution in [1.82, 2.24) is 5.32 Å². The standard InChI is InChI=1S/C12H16F2NO2P/c1-12(14,18)17-9-3-2-8(11(13)4-9)7-16-10-5-15-6-10/h2-4,10,15H,5-7,18H2,1H3. The topological polar surface area (TPSA) is 30.5 Å². The van der Waals surface area contributed by atoms with Crippen molar-refractivity contribution in [3.63, 3.8) is 0 Å². The summed E-state index contributed by atoms with van der Waals surface area (Å²) in [5.41, 5.74) is -1.46. The van der Waals surface area contributed by atoms with Gasteiger partial charge in [-0.1, -0.05) is 15.3 Å². The monoisotopic (exact) mass is 275 g/mol. The number of benzene rings is 1. The van der Waals surface area contributed by atoms with E-state index >= 15 is 0 Å². The highest BCUT2D eigenvalue weighted by molar-refractivity contribution is 7.18. The van der Waals surface area contributed by atoms with Gasteiger partial charge in [0.05, 0.1) is 12.7 Å². The van der Waals surface area contributed by atoms with Crippen molar-refractivity contribution in [1.29, 1.82) is 0 Å². The van der Waals surface area contributed by atoms with Crippen LogP contribution in [0.4, 0.5) is 8.78 Å². The molecular formula is C12H16F2NO2P. The Morgan fingerprint density at radius 2 is 2.22 bits per heavy atom. The second-order valence-electron chi connectivity index (χ2n) is 4.43. The van der Waals surface area contributed by atoms with Crippen molar-refractivity contribution in [3.8, 4) is 5.75 Å². The number of hydrogen-bond acceptors (Lipinski definition) is 3. The summed E-state index contributed by atoms with van der Waals surface area (Å²) >= 11 is 0. The molecule has 1 saturated heterocycles. The number of alkyl halides is 1. The molecule has 0 bridgehead atoms. The van der Waals surface area contributed by atoms with Crippen molar-refractivity contribution < 1.29 is 18.3 Å². The lowest BCUT2D eigenvalue weighted by Crippen LogP contribution is -2.48. The summed E-state index contributed by atoms with van der Waals surface area (Å²) in [6.07, 6.45) is 0.154. The van der Waals surface area contributed by atoms with Crippen LogP contribution >= 0.6 is 9.24 Å². The summed E-state index contributed by atoms with van der Waals surface area (Å²) in [5.74, 6) is -0.296. The summed E-state index contributed by atoms with van der Waals surface area (Å²) in [5, 5.41) is 3.06. The lowest BCUT2D eigenvalue weighted by molar-refractivity contribution is 0.00624. The molecular weight excluding hydrogens is 259 g/mol. The lowest BCUT2D eigenvalue weighted by Gasteiger charge is -2.27. The van der Waals surface area contributed by atoms with Crippen molar-refractivity contribution in [2.45, 2.75) is 25.2 Å². The molecule has 1 heterocycles. The Morgan fingerprint density at radius 3 is 2.72 bits per heavy atom. The first-order valence-electron chi connectivity index (χ1n) is 5.71. The smallest absolute Gasteiger partial charge is 0.256 e. The van der Waals surface area contributed by atoms with E-state index in [1.807, 2.05) is 9.24 Å². The van der Waals surface area contributed by atoms with Crippen molar-refractivity contribution in [2.75, 3.05) is 13.1 Å². The van der Waals surface area contributed by atoms with E-state index in [4.69, 9.17) is 9.47 Å². The maximum Gasteiger partial charge on any atom is 0.256 e. The number of rotatable bonds is 5. The second kappa shape index (κ2) is 5.47. The first kappa shape index (κ1) is 13.7. The normalized spacial score (nSPS) is 19.1. The van der Waals surface area contributed by atoms with E-state index in [2.05, 4.69) is 5.32 Å². The zero-order valence-electron chi connectivity index (χ0n) is 10.1. The van der Waals surface area contributed by atoms with Crippen LogP contribution in [0.1, 0.15) is 12.5 Å². The maximum absolute atomic E-state index is 13.7. The summed E-state index contributed by atoms with van der Waals surface area (Å²) in [4.78, 5) is 0. The molecule has 3 nitrogen and oxygen atoms in total. The van der Waals surface area contributed by atoms with E-state index in [1.165, 1.54) is 19.1 Å². The minimum Gasteiger partial charge on any atom is -0.455 e. The molecule has 6 heteroatoms. The van der Waals surface area contributed by atoms with Gasteiger partial charge in [0.1, 0.15) is 11.6 Å². The Hall–Kier alpha value is -0.770. The van der Waals surface area contributed by atoms with Gasteiger partial charge in [0.2, 0.25) is 0 Å². The summed E-state index contributed by atoms with van der Waals surface area (Å²) in [6.45, 7) is 3.05. The minimum absolute atomic E-state index is 0.154. The van der Waals surface area contributed by atoms with Crippen LogP contribution in [0.2, 0.25) is 0 Å². The number of hydrogen-bond donors (Lipinski definition) is 1. The third kappa shape index (κ3) is 3.87. The van der Waals surface area contributed by atoms with Crippen molar-refractivity contribution >= 4 is 9.24 Å². The fourth-order valence-electron chi connectivity index (χ4n) is 1.53. The van der Waals surface area contributed by atoms with Gasteiger partial charge >= 0.3 is 0 Å². The summed E-state index contributed by atoms with van der Waals surface area (Å²) in [6, 6.07) is 4.25. The predicted octanol–water partition coefficient (Wildman–Crippen LogP) is 2.21. The maximum atomic E-state index is 13.7. The van der Waals surface area contributed by atoms with Crippen molar-refractivity contribution in [2.24, 2.45) is 0 Å². The van der Waals surface area contributed by atoms with E-state index in [-0.39, 0.29) is 18.5 Å². The first-order valence-corrected chi connectivity index (χ1v) is 6.29. The molecule has 1 N–H and O–H groups in total. The largest absolute Gasteiger partial charge is 0.455 e. The zero-order chi connectivity index (χ0) is 13.2. The van der Waals surface area contributed by atoms with Crippen LogP contribution in [0.25, 0.3) is 0 Å². The molecule has 0 saturated carbocycles. The number of ether oxygens (including phenoxy) is 2. The molecule has 2 rings (SSSR count). The highest BCUT2D eigenvalue weighted by Gasteiger charge is 2.19. The van der Waals surface area contributed by atoms with Crippen LogP contribution in [0.5, 0.6) is 5.75 Å². The third-order valence-electron chi connectivity index (χ3n) is 2.56. The van der Waals surface area contributed by atoms with Crippen LogP contribution in [0, 0.1) is 5.82 Å². The molecule has 100 valence electrons. The van der Waals surface area contributed by atoms with E-state index < -0.39 is 11.4 Å². The Balaban J connectivity index is 1.95. The van der Waals surface area contributed by atoms with Gasteiger partial charge in [-0.3, -0.25) is 0 Å². The van der Waals surface area contributed by atoms with Gasteiger partial charge in [0.25, 0.3) is 5.60 Å². The molecule has 1 aromatic rings. The zero-order valence-corrected chi connectivity index (χ0v) is 11.2. The van der Waals surface area contributed by atoms with Crippen LogP contribution in [0.3, 0.4) is 0 Å². The second-order valence-corrected chi connectivity index (χ2v) is 5.46. The fourth-order valence-corrected chi connectivity index (χ4v) is 1.66. The van der Waals surface area contributed by atoms with E-state index in [0.717, 1.165) is 13.1 Å². The van der Waals surface area contributed by atoms with Gasteiger partial charge in [-0.15, -0.1) is 0 Å². The molecule has 18 heavy (non-hydrogen) atoms. The van der Waals surface area contributed by atoms with Crippen LogP contribution < -0.4 is 10.1 Å². The molecule has 1 fully saturated rings. The third-order valence-corrected chi connectivity index (χ3v) is 2.68. The van der Waals surface area contributed by atoms with Crippen molar-refractivity contribution in [3.05, 3.63) is 29.6 Å². The van der Waals surface area contributed by atoms with Gasteiger partial charge < -0.3 is 14.8 Å². The molecule has 0 aromatic heterocycles. The minimum atomic E-state index is -1.90. The van der Waals surface area contributed by atoms with Crippen LogP contribution in [-0.2, 0) is 11.3 Å². The van der Waals surface area contributed by atoms with E-state index in [0.29, 0.717) is 5.56 Å². The molecule has 2 unspecified atom stereocenters. The molecule has 1 aliphatic heterocycles. The Kier molecular flexibility index (Phi) is 4.15. The van der Waals surface area contributed by atoms with Crippen LogP contribution in [-0.4, -0.2) is 24.8 Å². The highest BCUT2D eigenvalue weighted by Crippen LogP contribution is 2.26. The summed E-state index contributed by atoms with van der Waals surface area (Å²) in [7, 11) is 1.90. The first-order chi connectivity index (χ1) is 8.44. The quantitative estimate of drug-likeness (QED) is 0.836. The average Bonchev–Trinajstić information content (AvgIpc) is 2.16. The fraction of sp³-hybridized carbons (Fsp3) is 0.500. The van der Waals surface area contributed by atoms with Crippen LogP contribution in [0.15, 0.2) is 18.2 Å². The van der Waals surface area contributed by atoms with E-state index in [1.54, 1.807) is 6.07 Å². The molecule has 0 spiro atoms. The summed E-state index contributed by atoms with van der Waals surface area (Å²) < 4.78 is 37.3. The van der Waals surface area contributed by atoms with Gasteiger partial charge in [-0.25, -0.2) is 4.39 Å². The van der Waals surface area contributed by atoms with E-state index in [9.17, 15) is 8.78 Å². The molecule has 0 aliphatic carbocycles. The molecule has 1 aliphatic rings. The van der Waals surface area contributed by atoms with Gasteiger partial charge in [-0.05, 0) is 6.07 Å². The van der Waals surface area contributed by atoms with Gasteiger partial charge in [-0.2, -0.15) is 4.39 Å². The average molecular weight is 275 g/mol. The Bertz CT molecular complexity index is 419.